The number of anilines is 1. The summed E-state index contributed by atoms with van der Waals surface area (Å²) in [5.74, 6) is -0.169. The summed E-state index contributed by atoms with van der Waals surface area (Å²) in [4.78, 5) is 31.3. The molecule has 1 aliphatic heterocycles. The number of carbonyl (C=O) groups is 1. The third kappa shape index (κ3) is 3.35. The van der Waals surface area contributed by atoms with E-state index in [-0.39, 0.29) is 17.0 Å². The Hall–Kier alpha value is -2.56. The molecule has 1 aliphatic rings. The molecule has 126 valence electrons. The number of nitrogens with one attached hydrogen (secondary N) is 1. The molecule has 24 heavy (non-hydrogen) atoms. The number of nitrogens with zero attached hydrogens (tertiary/aromatic N) is 2. The lowest BCUT2D eigenvalue weighted by molar-refractivity contribution is 0.0711. The molecular weight excluding hydrogens is 302 g/mol. The number of aromatic amines is 1. The molecule has 5 nitrogen and oxygen atoms in total. The Morgan fingerprint density at radius 3 is 2.42 bits per heavy atom. The Bertz CT molecular complexity index is 762. The van der Waals surface area contributed by atoms with Gasteiger partial charge in [-0.1, -0.05) is 18.2 Å². The summed E-state index contributed by atoms with van der Waals surface area (Å²) in [6.45, 7) is 3.16. The van der Waals surface area contributed by atoms with Crippen molar-refractivity contribution in [2.75, 3.05) is 25.0 Å². The van der Waals surface area contributed by atoms with Crippen molar-refractivity contribution in [1.29, 1.82) is 0 Å². The van der Waals surface area contributed by atoms with Gasteiger partial charge < -0.3 is 14.8 Å². The van der Waals surface area contributed by atoms with E-state index in [1.54, 1.807) is 24.0 Å². The highest BCUT2D eigenvalue weighted by Crippen LogP contribution is 2.22. The molecule has 1 amide bonds. The Balaban J connectivity index is 1.64. The van der Waals surface area contributed by atoms with Crippen molar-refractivity contribution in [3.05, 3.63) is 64.1 Å². The van der Waals surface area contributed by atoms with Crippen molar-refractivity contribution in [3.8, 4) is 0 Å². The van der Waals surface area contributed by atoms with Crippen LogP contribution in [-0.4, -0.2) is 42.0 Å². The predicted molar refractivity (Wildman–Crippen MR) is 95.6 cm³/mol. The number of benzene rings is 1. The van der Waals surface area contributed by atoms with Gasteiger partial charge in [0.2, 0.25) is 0 Å². The van der Waals surface area contributed by atoms with Crippen LogP contribution in [0, 0.1) is 6.92 Å². The smallest absolute Gasteiger partial charge is 0.260 e. The second-order valence-electron chi connectivity index (χ2n) is 6.35. The number of aryl methyl sites for hydroxylation is 1. The van der Waals surface area contributed by atoms with Gasteiger partial charge >= 0.3 is 0 Å². The molecule has 5 heteroatoms. The van der Waals surface area contributed by atoms with Gasteiger partial charge in [-0.05, 0) is 44.0 Å². The van der Waals surface area contributed by atoms with Gasteiger partial charge in [0.15, 0.2) is 0 Å². The maximum atomic E-state index is 12.6. The molecule has 1 aromatic heterocycles. The molecule has 0 unspecified atom stereocenters. The van der Waals surface area contributed by atoms with Crippen molar-refractivity contribution < 1.29 is 4.79 Å². The van der Waals surface area contributed by atoms with Crippen molar-refractivity contribution in [3.63, 3.8) is 0 Å². The van der Waals surface area contributed by atoms with E-state index in [9.17, 15) is 9.59 Å². The Labute approximate surface area is 141 Å². The van der Waals surface area contributed by atoms with Gasteiger partial charge in [-0.2, -0.15) is 0 Å². The first kappa shape index (κ1) is 16.3. The zero-order valence-corrected chi connectivity index (χ0v) is 14.2. The molecule has 0 atom stereocenters. The van der Waals surface area contributed by atoms with Crippen LogP contribution in [0.3, 0.4) is 0 Å². The molecule has 0 radical (unpaired) electrons. The normalized spacial score (nSPS) is 15.3. The van der Waals surface area contributed by atoms with E-state index in [2.05, 4.69) is 29.1 Å². The molecule has 0 saturated carbocycles. The van der Waals surface area contributed by atoms with Crippen molar-refractivity contribution >= 4 is 11.6 Å². The summed E-state index contributed by atoms with van der Waals surface area (Å²) >= 11 is 0. The third-order valence-corrected chi connectivity index (χ3v) is 4.75. The zero-order chi connectivity index (χ0) is 17.1. The molecule has 3 rings (SSSR count). The van der Waals surface area contributed by atoms with E-state index in [0.717, 1.165) is 18.5 Å². The maximum absolute atomic E-state index is 12.6. The van der Waals surface area contributed by atoms with Gasteiger partial charge in [0, 0.05) is 37.6 Å². The first-order chi connectivity index (χ1) is 11.6. The highest BCUT2D eigenvalue weighted by Gasteiger charge is 2.27. The van der Waals surface area contributed by atoms with E-state index in [0.29, 0.717) is 19.1 Å². The lowest BCUT2D eigenvalue weighted by Crippen LogP contribution is -2.46. The van der Waals surface area contributed by atoms with Gasteiger partial charge in [0.25, 0.3) is 11.5 Å². The number of piperidine rings is 1. The monoisotopic (exact) mass is 325 g/mol. The van der Waals surface area contributed by atoms with Crippen LogP contribution in [0.1, 0.15) is 28.9 Å². The summed E-state index contributed by atoms with van der Waals surface area (Å²) in [6.07, 6.45) is 1.81. The van der Waals surface area contributed by atoms with Crippen molar-refractivity contribution in [1.82, 2.24) is 9.88 Å². The van der Waals surface area contributed by atoms with Crippen molar-refractivity contribution in [2.45, 2.75) is 25.8 Å². The van der Waals surface area contributed by atoms with Gasteiger partial charge in [-0.15, -0.1) is 0 Å². The van der Waals surface area contributed by atoms with Crippen LogP contribution in [0.5, 0.6) is 0 Å². The molecule has 0 bridgehead atoms. The molecule has 2 aromatic rings. The second-order valence-corrected chi connectivity index (χ2v) is 6.35. The average Bonchev–Trinajstić information content (AvgIpc) is 2.61. The van der Waals surface area contributed by atoms with Gasteiger partial charge in [-0.3, -0.25) is 9.59 Å². The number of carbonyl (C=O) groups excluding carboxylic acids is 1. The number of amides is 1. The largest absolute Gasteiger partial charge is 0.371 e. The van der Waals surface area contributed by atoms with E-state index in [1.165, 1.54) is 5.69 Å². The number of H-pyrrole nitrogens is 1. The standard InChI is InChI=1S/C19H23N3O2/c1-14-8-9-17(18(23)20-14)19(24)22-12-10-16(11-13-22)21(2)15-6-4-3-5-7-15/h3-9,16H,10-13H2,1-2H3,(H,20,23). The van der Waals surface area contributed by atoms with Crippen LogP contribution in [0.2, 0.25) is 0 Å². The molecule has 1 saturated heterocycles. The number of hydrogen-bond acceptors (Lipinski definition) is 3. The van der Waals surface area contributed by atoms with Gasteiger partial charge in [0.05, 0.1) is 0 Å². The highest BCUT2D eigenvalue weighted by molar-refractivity contribution is 5.93. The van der Waals surface area contributed by atoms with E-state index in [4.69, 9.17) is 0 Å². The topological polar surface area (TPSA) is 56.4 Å². The molecular formula is C19H23N3O2. The van der Waals surface area contributed by atoms with Crippen LogP contribution in [0.15, 0.2) is 47.3 Å². The minimum Gasteiger partial charge on any atom is -0.371 e. The third-order valence-electron chi connectivity index (χ3n) is 4.75. The number of rotatable bonds is 3. The van der Waals surface area contributed by atoms with E-state index < -0.39 is 0 Å². The van der Waals surface area contributed by atoms with Crippen LogP contribution in [-0.2, 0) is 0 Å². The van der Waals surface area contributed by atoms with Gasteiger partial charge in [0.1, 0.15) is 5.56 Å². The quantitative estimate of drug-likeness (QED) is 0.943. The van der Waals surface area contributed by atoms with E-state index >= 15 is 0 Å². The minimum absolute atomic E-state index is 0.169. The number of para-hydroxylation sites is 1. The van der Waals surface area contributed by atoms with Crippen molar-refractivity contribution in [2.24, 2.45) is 0 Å². The van der Waals surface area contributed by atoms with Crippen LogP contribution in [0.4, 0.5) is 5.69 Å². The molecule has 0 aliphatic carbocycles. The SMILES string of the molecule is Cc1ccc(C(=O)N2CCC(N(C)c3ccccc3)CC2)c(=O)[nH]1. The first-order valence-corrected chi connectivity index (χ1v) is 8.33. The number of likely N-dealkylation sites (tertiary alicyclic amines) is 1. The maximum Gasteiger partial charge on any atom is 0.260 e. The molecule has 1 fully saturated rings. The summed E-state index contributed by atoms with van der Waals surface area (Å²) in [7, 11) is 2.10. The molecule has 2 heterocycles. The minimum atomic E-state index is -0.302. The fraction of sp³-hybridized carbons (Fsp3) is 0.368. The van der Waals surface area contributed by atoms with Gasteiger partial charge in [-0.25, -0.2) is 0 Å². The fourth-order valence-corrected chi connectivity index (χ4v) is 3.24. The van der Waals surface area contributed by atoms with Crippen LogP contribution in [0.25, 0.3) is 0 Å². The lowest BCUT2D eigenvalue weighted by atomic mass is 10.0. The van der Waals surface area contributed by atoms with Crippen LogP contribution < -0.4 is 10.5 Å². The number of hydrogen-bond donors (Lipinski definition) is 1. The molecule has 1 N–H and O–H groups in total. The first-order valence-electron chi connectivity index (χ1n) is 8.33. The second kappa shape index (κ2) is 6.91. The summed E-state index contributed by atoms with van der Waals surface area (Å²) in [5, 5.41) is 0. The Morgan fingerprint density at radius 2 is 1.79 bits per heavy atom. The fourth-order valence-electron chi connectivity index (χ4n) is 3.24. The Kier molecular flexibility index (Phi) is 4.69. The summed E-state index contributed by atoms with van der Waals surface area (Å²) in [6, 6.07) is 14.1. The summed E-state index contributed by atoms with van der Waals surface area (Å²) < 4.78 is 0. The molecule has 1 aromatic carbocycles. The molecule has 0 spiro atoms. The Morgan fingerprint density at radius 1 is 1.12 bits per heavy atom. The highest BCUT2D eigenvalue weighted by atomic mass is 16.2. The average molecular weight is 325 g/mol. The van der Waals surface area contributed by atoms with Crippen LogP contribution >= 0.6 is 0 Å². The summed E-state index contributed by atoms with van der Waals surface area (Å²) in [5.41, 5.74) is 1.89. The zero-order valence-electron chi connectivity index (χ0n) is 14.2. The number of pyridine rings is 1. The lowest BCUT2D eigenvalue weighted by Gasteiger charge is -2.37. The predicted octanol–water partition coefficient (Wildman–Crippen LogP) is 2.42. The number of aromatic nitrogens is 1. The van der Waals surface area contributed by atoms with E-state index in [1.807, 2.05) is 18.2 Å².